The number of rotatable bonds is 4. The van der Waals surface area contributed by atoms with Crippen LogP contribution in [0.25, 0.3) is 0 Å². The molecule has 144 valence electrons. The van der Waals surface area contributed by atoms with E-state index in [-0.39, 0.29) is 17.8 Å². The highest BCUT2D eigenvalue weighted by molar-refractivity contribution is 5.37. The van der Waals surface area contributed by atoms with Gasteiger partial charge in [0.1, 0.15) is 11.6 Å². The van der Waals surface area contributed by atoms with E-state index in [0.29, 0.717) is 12.1 Å². The Kier molecular flexibility index (Phi) is 5.20. The molecule has 2 fully saturated rings. The molecule has 1 saturated heterocycles. The fourth-order valence-electron chi connectivity index (χ4n) is 5.09. The summed E-state index contributed by atoms with van der Waals surface area (Å²) in [7, 11) is 1.69. The van der Waals surface area contributed by atoms with Gasteiger partial charge in [-0.1, -0.05) is 49.2 Å². The quantitative estimate of drug-likeness (QED) is 0.848. The zero-order valence-corrected chi connectivity index (χ0v) is 15.9. The van der Waals surface area contributed by atoms with Crippen LogP contribution in [0.5, 0.6) is 5.75 Å². The first-order valence-corrected chi connectivity index (χ1v) is 9.95. The van der Waals surface area contributed by atoms with Gasteiger partial charge in [0.05, 0.1) is 12.7 Å². The highest BCUT2D eigenvalue weighted by atomic mass is 19.1. The number of methoxy groups -OCH3 is 1. The van der Waals surface area contributed by atoms with E-state index in [0.717, 1.165) is 50.0 Å². The minimum atomic E-state index is -0.629. The average molecular weight is 369 g/mol. The molecule has 1 aliphatic heterocycles. The van der Waals surface area contributed by atoms with Gasteiger partial charge in [-0.25, -0.2) is 4.39 Å². The molecule has 0 aromatic heterocycles. The van der Waals surface area contributed by atoms with Crippen molar-refractivity contribution < 1.29 is 14.2 Å². The Morgan fingerprint density at radius 2 is 1.89 bits per heavy atom. The maximum atomic E-state index is 14.3. The molecule has 0 radical (unpaired) electrons. The maximum Gasteiger partial charge on any atom is 0.127 e. The summed E-state index contributed by atoms with van der Waals surface area (Å²) < 4.78 is 20.0. The van der Waals surface area contributed by atoms with Gasteiger partial charge in [-0.05, 0) is 31.4 Å². The van der Waals surface area contributed by atoms with E-state index in [1.807, 2.05) is 30.3 Å². The van der Waals surface area contributed by atoms with E-state index in [2.05, 4.69) is 11.0 Å². The normalized spacial score (nSPS) is 28.6. The SMILES string of the molecule is COc1ccccc1[C@@H]1[C@@H]2CCCC[C@]2(O)CCN1Cc1ccccc1F. The third-order valence-corrected chi connectivity index (χ3v) is 6.46. The van der Waals surface area contributed by atoms with Crippen molar-refractivity contribution in [2.24, 2.45) is 5.92 Å². The summed E-state index contributed by atoms with van der Waals surface area (Å²) in [4.78, 5) is 2.33. The predicted molar refractivity (Wildman–Crippen MR) is 104 cm³/mol. The molecule has 1 N–H and O–H groups in total. The summed E-state index contributed by atoms with van der Waals surface area (Å²) in [5, 5.41) is 11.4. The van der Waals surface area contributed by atoms with E-state index < -0.39 is 5.60 Å². The van der Waals surface area contributed by atoms with Crippen LogP contribution in [0.1, 0.15) is 49.3 Å². The fourth-order valence-corrected chi connectivity index (χ4v) is 5.09. The van der Waals surface area contributed by atoms with Crippen LogP contribution in [0.3, 0.4) is 0 Å². The van der Waals surface area contributed by atoms with E-state index in [4.69, 9.17) is 4.74 Å². The molecule has 2 aromatic rings. The second kappa shape index (κ2) is 7.61. The average Bonchev–Trinajstić information content (AvgIpc) is 2.69. The van der Waals surface area contributed by atoms with Crippen molar-refractivity contribution in [2.45, 2.75) is 50.3 Å². The Balaban J connectivity index is 1.74. The second-order valence-corrected chi connectivity index (χ2v) is 7.95. The number of hydrogen-bond donors (Lipinski definition) is 1. The highest BCUT2D eigenvalue weighted by Gasteiger charge is 2.49. The molecule has 1 aliphatic carbocycles. The number of para-hydroxylation sites is 1. The molecule has 0 bridgehead atoms. The van der Waals surface area contributed by atoms with Crippen LogP contribution in [-0.2, 0) is 6.54 Å². The standard InChI is InChI=1S/C23H28FNO2/c1-27-21-12-5-3-9-18(21)22-19-10-6-7-13-23(19,26)14-15-25(22)16-17-8-2-4-11-20(17)24/h2-5,8-9,11-12,19,22,26H,6-7,10,13-16H2,1H3/t19-,22+,23-/m0/s1. The van der Waals surface area contributed by atoms with Crippen molar-refractivity contribution >= 4 is 0 Å². The molecule has 4 rings (SSSR count). The lowest BCUT2D eigenvalue weighted by molar-refractivity contribution is -0.126. The summed E-state index contributed by atoms with van der Waals surface area (Å²) in [5.41, 5.74) is 1.18. The van der Waals surface area contributed by atoms with Crippen LogP contribution < -0.4 is 4.74 Å². The van der Waals surface area contributed by atoms with Gasteiger partial charge in [-0.3, -0.25) is 4.90 Å². The maximum absolute atomic E-state index is 14.3. The van der Waals surface area contributed by atoms with Crippen molar-refractivity contribution in [1.29, 1.82) is 0 Å². The van der Waals surface area contributed by atoms with Gasteiger partial charge in [0.25, 0.3) is 0 Å². The van der Waals surface area contributed by atoms with Gasteiger partial charge in [0, 0.05) is 36.2 Å². The van der Waals surface area contributed by atoms with Crippen LogP contribution in [-0.4, -0.2) is 29.3 Å². The van der Waals surface area contributed by atoms with Gasteiger partial charge in [0.2, 0.25) is 0 Å². The molecular weight excluding hydrogens is 341 g/mol. The van der Waals surface area contributed by atoms with Crippen molar-refractivity contribution in [3.8, 4) is 5.75 Å². The summed E-state index contributed by atoms with van der Waals surface area (Å²) in [6, 6.07) is 15.1. The second-order valence-electron chi connectivity index (χ2n) is 7.95. The highest BCUT2D eigenvalue weighted by Crippen LogP contribution is 2.51. The Morgan fingerprint density at radius 1 is 1.11 bits per heavy atom. The number of halogens is 1. The van der Waals surface area contributed by atoms with Crippen LogP contribution in [0.2, 0.25) is 0 Å². The number of nitrogens with zero attached hydrogens (tertiary/aromatic N) is 1. The molecule has 0 unspecified atom stereocenters. The minimum absolute atomic E-state index is 0.0276. The van der Waals surface area contributed by atoms with Gasteiger partial charge in [-0.2, -0.15) is 0 Å². The number of benzene rings is 2. The van der Waals surface area contributed by atoms with Crippen molar-refractivity contribution in [3.05, 3.63) is 65.5 Å². The first kappa shape index (κ1) is 18.5. The molecule has 3 nitrogen and oxygen atoms in total. The van der Waals surface area contributed by atoms with Crippen LogP contribution >= 0.6 is 0 Å². The number of piperidine rings is 1. The van der Waals surface area contributed by atoms with E-state index >= 15 is 0 Å². The third-order valence-electron chi connectivity index (χ3n) is 6.46. The molecule has 1 heterocycles. The zero-order chi connectivity index (χ0) is 18.9. The van der Waals surface area contributed by atoms with Crippen LogP contribution in [0.15, 0.2) is 48.5 Å². The summed E-state index contributed by atoms with van der Waals surface area (Å²) in [6.07, 6.45) is 4.81. The Hall–Kier alpha value is -1.91. The fraction of sp³-hybridized carbons (Fsp3) is 0.478. The Morgan fingerprint density at radius 3 is 2.70 bits per heavy atom. The largest absolute Gasteiger partial charge is 0.496 e. The van der Waals surface area contributed by atoms with Gasteiger partial charge < -0.3 is 9.84 Å². The van der Waals surface area contributed by atoms with E-state index in [1.54, 1.807) is 13.2 Å². The number of aliphatic hydroxyl groups is 1. The summed E-state index contributed by atoms with van der Waals surface area (Å²) in [5.74, 6) is 0.819. The minimum Gasteiger partial charge on any atom is -0.496 e. The van der Waals surface area contributed by atoms with Gasteiger partial charge in [0.15, 0.2) is 0 Å². The smallest absolute Gasteiger partial charge is 0.127 e. The number of ether oxygens (including phenoxy) is 1. The molecule has 3 atom stereocenters. The third kappa shape index (κ3) is 3.48. The Bertz CT molecular complexity index is 795. The molecular formula is C23H28FNO2. The van der Waals surface area contributed by atoms with Crippen molar-refractivity contribution in [3.63, 3.8) is 0 Å². The van der Waals surface area contributed by atoms with Gasteiger partial charge in [-0.15, -0.1) is 0 Å². The van der Waals surface area contributed by atoms with Crippen molar-refractivity contribution in [2.75, 3.05) is 13.7 Å². The van der Waals surface area contributed by atoms with E-state index in [1.165, 1.54) is 6.07 Å². The summed E-state index contributed by atoms with van der Waals surface area (Å²) in [6.45, 7) is 1.30. The molecule has 0 amide bonds. The number of hydrogen-bond acceptors (Lipinski definition) is 3. The molecule has 4 heteroatoms. The zero-order valence-electron chi connectivity index (χ0n) is 15.9. The first-order chi connectivity index (χ1) is 13.1. The lowest BCUT2D eigenvalue weighted by Gasteiger charge is -2.53. The lowest BCUT2D eigenvalue weighted by atomic mass is 9.66. The monoisotopic (exact) mass is 369 g/mol. The topological polar surface area (TPSA) is 32.7 Å². The Labute approximate surface area is 160 Å². The predicted octanol–water partition coefficient (Wildman–Crippen LogP) is 4.70. The van der Waals surface area contributed by atoms with Crippen LogP contribution in [0, 0.1) is 11.7 Å². The first-order valence-electron chi connectivity index (χ1n) is 9.95. The van der Waals surface area contributed by atoms with Crippen LogP contribution in [0.4, 0.5) is 4.39 Å². The lowest BCUT2D eigenvalue weighted by Crippen LogP contribution is -2.54. The molecule has 0 spiro atoms. The van der Waals surface area contributed by atoms with Gasteiger partial charge >= 0.3 is 0 Å². The molecule has 27 heavy (non-hydrogen) atoms. The number of fused-ring (bicyclic) bond motifs is 1. The molecule has 2 aliphatic rings. The molecule has 2 aromatic carbocycles. The van der Waals surface area contributed by atoms with Crippen molar-refractivity contribution in [1.82, 2.24) is 4.90 Å². The van der Waals surface area contributed by atoms with E-state index in [9.17, 15) is 9.50 Å². The summed E-state index contributed by atoms with van der Waals surface area (Å²) >= 11 is 0. The molecule has 1 saturated carbocycles. The number of likely N-dealkylation sites (tertiary alicyclic amines) is 1.